The van der Waals surface area contributed by atoms with E-state index in [-0.39, 0.29) is 0 Å². The molecule has 1 fully saturated rings. The second kappa shape index (κ2) is 5.36. The molecule has 1 aromatic rings. The summed E-state index contributed by atoms with van der Waals surface area (Å²) < 4.78 is 5.66. The van der Waals surface area contributed by atoms with Crippen molar-refractivity contribution in [3.63, 3.8) is 0 Å². The molecule has 0 amide bonds. The number of pyridine rings is 1. The third-order valence-electron chi connectivity index (χ3n) is 3.28. The molecule has 4 nitrogen and oxygen atoms in total. The number of aryl methyl sites for hydroxylation is 2. The van der Waals surface area contributed by atoms with E-state index < -0.39 is 0 Å². The molecule has 1 saturated carbocycles. The summed E-state index contributed by atoms with van der Waals surface area (Å²) in [6.45, 7) is 5.29. The van der Waals surface area contributed by atoms with Crippen molar-refractivity contribution in [2.24, 2.45) is 0 Å². The van der Waals surface area contributed by atoms with E-state index in [2.05, 4.69) is 23.0 Å². The summed E-state index contributed by atoms with van der Waals surface area (Å²) >= 11 is 0. The van der Waals surface area contributed by atoms with Gasteiger partial charge in [-0.05, 0) is 45.4 Å². The maximum absolute atomic E-state index is 9.12. The molecule has 2 rings (SSSR count). The zero-order valence-electron chi connectivity index (χ0n) is 11.2. The van der Waals surface area contributed by atoms with E-state index in [9.17, 15) is 0 Å². The van der Waals surface area contributed by atoms with E-state index in [1.807, 2.05) is 19.9 Å². The number of rotatable bonds is 5. The van der Waals surface area contributed by atoms with Gasteiger partial charge in [0.1, 0.15) is 18.2 Å². The SMILES string of the molecule is Cc1cc(C)c(C#N)c(OCCN(C)C2CC2)n1. The smallest absolute Gasteiger partial charge is 0.232 e. The van der Waals surface area contributed by atoms with Gasteiger partial charge < -0.3 is 9.64 Å². The molecule has 0 aliphatic heterocycles. The van der Waals surface area contributed by atoms with Gasteiger partial charge in [0.15, 0.2) is 0 Å². The first-order chi connectivity index (χ1) is 8.61. The van der Waals surface area contributed by atoms with Crippen molar-refractivity contribution >= 4 is 0 Å². The zero-order valence-corrected chi connectivity index (χ0v) is 11.2. The summed E-state index contributed by atoms with van der Waals surface area (Å²) in [6.07, 6.45) is 2.59. The first kappa shape index (κ1) is 12.8. The second-order valence-electron chi connectivity index (χ2n) is 4.93. The summed E-state index contributed by atoms with van der Waals surface area (Å²) in [6, 6.07) is 4.80. The Morgan fingerprint density at radius 3 is 2.83 bits per heavy atom. The molecule has 0 N–H and O–H groups in total. The number of nitriles is 1. The third kappa shape index (κ3) is 2.99. The van der Waals surface area contributed by atoms with Crippen LogP contribution < -0.4 is 4.74 Å². The molecule has 96 valence electrons. The average Bonchev–Trinajstić information content (AvgIpc) is 3.12. The number of aromatic nitrogens is 1. The van der Waals surface area contributed by atoms with Crippen molar-refractivity contribution in [3.8, 4) is 11.9 Å². The zero-order chi connectivity index (χ0) is 13.1. The van der Waals surface area contributed by atoms with Crippen molar-refractivity contribution in [2.45, 2.75) is 32.7 Å². The fourth-order valence-corrected chi connectivity index (χ4v) is 2.03. The van der Waals surface area contributed by atoms with Crippen LogP contribution >= 0.6 is 0 Å². The van der Waals surface area contributed by atoms with Gasteiger partial charge >= 0.3 is 0 Å². The van der Waals surface area contributed by atoms with Gasteiger partial charge in [0.05, 0.1) is 0 Å². The summed E-state index contributed by atoms with van der Waals surface area (Å²) in [5.74, 6) is 0.471. The maximum atomic E-state index is 9.12. The highest BCUT2D eigenvalue weighted by Gasteiger charge is 2.25. The van der Waals surface area contributed by atoms with Gasteiger partial charge in [-0.3, -0.25) is 0 Å². The van der Waals surface area contributed by atoms with Crippen molar-refractivity contribution in [1.29, 1.82) is 5.26 Å². The first-order valence-corrected chi connectivity index (χ1v) is 6.33. The second-order valence-corrected chi connectivity index (χ2v) is 4.93. The average molecular weight is 245 g/mol. The number of ether oxygens (including phenoxy) is 1. The Hall–Kier alpha value is -1.60. The molecule has 0 bridgehead atoms. The lowest BCUT2D eigenvalue weighted by atomic mass is 10.1. The van der Waals surface area contributed by atoms with Crippen LogP contribution in [0.2, 0.25) is 0 Å². The van der Waals surface area contributed by atoms with Crippen LogP contribution in [0.25, 0.3) is 0 Å². The topological polar surface area (TPSA) is 49.1 Å². The molecule has 0 unspecified atom stereocenters. The highest BCUT2D eigenvalue weighted by Crippen LogP contribution is 2.25. The molecule has 0 atom stereocenters. The van der Waals surface area contributed by atoms with Gasteiger partial charge in [0.25, 0.3) is 0 Å². The van der Waals surface area contributed by atoms with Crippen LogP contribution in [0.3, 0.4) is 0 Å². The Kier molecular flexibility index (Phi) is 3.83. The molecule has 0 radical (unpaired) electrons. The lowest BCUT2D eigenvalue weighted by molar-refractivity contribution is 0.225. The van der Waals surface area contributed by atoms with Gasteiger partial charge in [0, 0.05) is 18.3 Å². The Labute approximate surface area is 108 Å². The Morgan fingerprint density at radius 1 is 1.50 bits per heavy atom. The van der Waals surface area contributed by atoms with Crippen molar-refractivity contribution in [2.75, 3.05) is 20.2 Å². The number of hydrogen-bond acceptors (Lipinski definition) is 4. The Balaban J connectivity index is 1.97. The molecule has 0 aromatic carbocycles. The first-order valence-electron chi connectivity index (χ1n) is 6.33. The molecule has 1 aliphatic carbocycles. The molecule has 0 saturated heterocycles. The van der Waals surface area contributed by atoms with Crippen molar-refractivity contribution in [1.82, 2.24) is 9.88 Å². The summed E-state index contributed by atoms with van der Waals surface area (Å²) in [5, 5.41) is 9.12. The van der Waals surface area contributed by atoms with Gasteiger partial charge in [-0.2, -0.15) is 5.26 Å². The van der Waals surface area contributed by atoms with Crippen LogP contribution in [-0.2, 0) is 0 Å². The standard InChI is InChI=1S/C14H19N3O/c1-10-8-11(2)16-14(13(10)9-15)18-7-6-17(3)12-4-5-12/h8,12H,4-7H2,1-3H3. The van der Waals surface area contributed by atoms with E-state index in [0.29, 0.717) is 18.1 Å². The largest absolute Gasteiger partial charge is 0.475 e. The van der Waals surface area contributed by atoms with Gasteiger partial charge in [-0.15, -0.1) is 0 Å². The Bertz CT molecular complexity index is 475. The third-order valence-corrected chi connectivity index (χ3v) is 3.28. The lowest BCUT2D eigenvalue weighted by Gasteiger charge is -2.16. The minimum atomic E-state index is 0.471. The maximum Gasteiger partial charge on any atom is 0.232 e. The fraction of sp³-hybridized carbons (Fsp3) is 0.571. The fourth-order valence-electron chi connectivity index (χ4n) is 2.03. The lowest BCUT2D eigenvalue weighted by Crippen LogP contribution is -2.26. The predicted molar refractivity (Wildman–Crippen MR) is 69.6 cm³/mol. The molecule has 1 aliphatic rings. The predicted octanol–water partition coefficient (Wildman–Crippen LogP) is 2.04. The highest BCUT2D eigenvalue weighted by atomic mass is 16.5. The van der Waals surface area contributed by atoms with Gasteiger partial charge in [-0.1, -0.05) is 0 Å². The van der Waals surface area contributed by atoms with Crippen LogP contribution in [-0.4, -0.2) is 36.1 Å². The molecular weight excluding hydrogens is 226 g/mol. The summed E-state index contributed by atoms with van der Waals surface area (Å²) in [4.78, 5) is 6.60. The molecule has 18 heavy (non-hydrogen) atoms. The molecule has 0 spiro atoms. The van der Waals surface area contributed by atoms with Crippen molar-refractivity contribution in [3.05, 3.63) is 22.9 Å². The summed E-state index contributed by atoms with van der Waals surface area (Å²) in [5.41, 5.74) is 2.36. The van der Waals surface area contributed by atoms with E-state index in [4.69, 9.17) is 10.00 Å². The van der Waals surface area contributed by atoms with Crippen LogP contribution in [0.5, 0.6) is 5.88 Å². The number of hydrogen-bond donors (Lipinski definition) is 0. The summed E-state index contributed by atoms with van der Waals surface area (Å²) in [7, 11) is 2.11. The van der Waals surface area contributed by atoms with Crippen LogP contribution in [0.15, 0.2) is 6.07 Å². The van der Waals surface area contributed by atoms with Crippen LogP contribution in [0, 0.1) is 25.2 Å². The minimum absolute atomic E-state index is 0.471. The molecule has 4 heteroatoms. The molecule has 1 heterocycles. The van der Waals surface area contributed by atoms with E-state index in [1.54, 1.807) is 0 Å². The van der Waals surface area contributed by atoms with E-state index in [1.165, 1.54) is 12.8 Å². The van der Waals surface area contributed by atoms with Gasteiger partial charge in [-0.25, -0.2) is 4.98 Å². The molecular formula is C14H19N3O. The monoisotopic (exact) mass is 245 g/mol. The van der Waals surface area contributed by atoms with Gasteiger partial charge in [0.2, 0.25) is 5.88 Å². The quantitative estimate of drug-likeness (QED) is 0.796. The van der Waals surface area contributed by atoms with Crippen LogP contribution in [0.4, 0.5) is 0 Å². The Morgan fingerprint density at radius 2 is 2.22 bits per heavy atom. The minimum Gasteiger partial charge on any atom is -0.475 e. The van der Waals surface area contributed by atoms with Crippen molar-refractivity contribution < 1.29 is 4.74 Å². The number of nitrogens with zero attached hydrogens (tertiary/aromatic N) is 3. The molecule has 1 aromatic heterocycles. The highest BCUT2D eigenvalue weighted by molar-refractivity contribution is 5.45. The van der Waals surface area contributed by atoms with Crippen LogP contribution in [0.1, 0.15) is 29.7 Å². The normalized spacial score (nSPS) is 14.6. The van der Waals surface area contributed by atoms with E-state index in [0.717, 1.165) is 23.8 Å². The van der Waals surface area contributed by atoms with E-state index >= 15 is 0 Å². The number of likely N-dealkylation sites (N-methyl/N-ethyl adjacent to an activating group) is 1.